The molecule has 4 heterocycles. The van der Waals surface area contributed by atoms with Crippen molar-refractivity contribution in [1.29, 1.82) is 0 Å². The molecule has 0 saturated carbocycles. The molecule has 0 spiro atoms. The molecule has 1 aromatic carbocycles. The molecule has 1 aliphatic heterocycles. The minimum absolute atomic E-state index is 0.0623. The van der Waals surface area contributed by atoms with Crippen LogP contribution in [0.25, 0.3) is 32.8 Å². The molecule has 0 radical (unpaired) electrons. The van der Waals surface area contributed by atoms with E-state index in [1.165, 1.54) is 24.6 Å². The van der Waals surface area contributed by atoms with Crippen LogP contribution in [0.2, 0.25) is 5.02 Å². The van der Waals surface area contributed by atoms with Crippen LogP contribution in [0.1, 0.15) is 11.8 Å². The molecule has 164 valence electrons. The first-order valence-electron chi connectivity index (χ1n) is 9.59. The van der Waals surface area contributed by atoms with E-state index in [1.54, 1.807) is 19.3 Å². The lowest BCUT2D eigenvalue weighted by Crippen LogP contribution is -2.50. The molecule has 0 amide bonds. The van der Waals surface area contributed by atoms with E-state index >= 15 is 0 Å². The summed E-state index contributed by atoms with van der Waals surface area (Å²) in [5.74, 6) is 0.251. The van der Waals surface area contributed by atoms with E-state index < -0.39 is 15.6 Å². The number of fused-ring (bicyclic) bond motifs is 1. The van der Waals surface area contributed by atoms with Crippen LogP contribution < -0.4 is 5.73 Å². The standard InChI is InChI=1S/C21H18ClN5O3S2/c1-21(11-32(28,29)27(2)20(23)26-21)18-15(22)14-7-8-24-16(17(14)31-18)12-3-5-13(6-4-12)19-25-9-10-30-19/h3-10H,11H2,1-2H3,(H2,23,26)/t21-/m0/s1. The maximum atomic E-state index is 12.6. The number of aliphatic imine (C=N–C) groups is 1. The highest BCUT2D eigenvalue weighted by Crippen LogP contribution is 2.47. The van der Waals surface area contributed by atoms with Gasteiger partial charge in [-0.05, 0) is 25.1 Å². The molecule has 0 bridgehead atoms. The van der Waals surface area contributed by atoms with E-state index in [9.17, 15) is 8.42 Å². The second-order valence-corrected chi connectivity index (χ2v) is 11.1. The van der Waals surface area contributed by atoms with Crippen molar-refractivity contribution < 1.29 is 12.8 Å². The molecule has 32 heavy (non-hydrogen) atoms. The highest BCUT2D eigenvalue weighted by atomic mass is 35.5. The number of rotatable bonds is 3. The van der Waals surface area contributed by atoms with Crippen molar-refractivity contribution in [2.75, 3.05) is 12.8 Å². The van der Waals surface area contributed by atoms with Gasteiger partial charge in [-0.25, -0.2) is 22.7 Å². The first-order chi connectivity index (χ1) is 15.2. The lowest BCUT2D eigenvalue weighted by Gasteiger charge is -2.33. The van der Waals surface area contributed by atoms with Gasteiger partial charge in [0.15, 0.2) is 0 Å². The molecule has 2 N–H and O–H groups in total. The molecule has 0 fully saturated rings. The van der Waals surface area contributed by atoms with Gasteiger partial charge in [-0.3, -0.25) is 4.98 Å². The van der Waals surface area contributed by atoms with Gasteiger partial charge >= 0.3 is 0 Å². The fourth-order valence-corrected chi connectivity index (χ4v) is 7.10. The summed E-state index contributed by atoms with van der Waals surface area (Å²) in [4.78, 5) is 13.9. The van der Waals surface area contributed by atoms with Crippen molar-refractivity contribution in [3.05, 3.63) is 58.9 Å². The van der Waals surface area contributed by atoms with Gasteiger partial charge in [0.05, 0.1) is 32.2 Å². The predicted molar refractivity (Wildman–Crippen MR) is 126 cm³/mol. The smallest absolute Gasteiger partial charge is 0.239 e. The number of guanidine groups is 1. The number of nitrogens with zero attached hydrogens (tertiary/aromatic N) is 4. The average molecular weight is 488 g/mol. The average Bonchev–Trinajstić information content (AvgIpc) is 3.41. The first kappa shape index (κ1) is 20.9. The number of hydrogen-bond donors (Lipinski definition) is 1. The number of sulfonamides is 1. The topological polar surface area (TPSA) is 115 Å². The van der Waals surface area contributed by atoms with E-state index in [2.05, 4.69) is 15.0 Å². The van der Waals surface area contributed by atoms with Gasteiger partial charge in [-0.1, -0.05) is 23.7 Å². The Bertz CT molecular complexity index is 1460. The number of thiophene rings is 1. The Labute approximate surface area is 193 Å². The molecular weight excluding hydrogens is 470 g/mol. The summed E-state index contributed by atoms with van der Waals surface area (Å²) in [7, 11) is -2.22. The number of hydrogen-bond acceptors (Lipinski definition) is 8. The molecule has 1 aliphatic rings. The molecule has 0 aliphatic carbocycles. The van der Waals surface area contributed by atoms with E-state index in [-0.39, 0.29) is 11.7 Å². The van der Waals surface area contributed by atoms with Crippen molar-refractivity contribution in [3.8, 4) is 22.7 Å². The van der Waals surface area contributed by atoms with Crippen molar-refractivity contribution in [2.45, 2.75) is 12.5 Å². The number of aromatic nitrogens is 2. The maximum Gasteiger partial charge on any atom is 0.239 e. The first-order valence-corrected chi connectivity index (χ1v) is 12.4. The van der Waals surface area contributed by atoms with Crippen LogP contribution >= 0.6 is 22.9 Å². The normalized spacial score (nSPS) is 20.5. The lowest BCUT2D eigenvalue weighted by atomic mass is 10.0. The monoisotopic (exact) mass is 487 g/mol. The molecule has 0 unspecified atom stereocenters. The Kier molecular flexibility index (Phi) is 4.77. The third-order valence-corrected chi connectivity index (χ3v) is 9.35. The Hall–Kier alpha value is -2.95. The Balaban J connectivity index is 1.64. The van der Waals surface area contributed by atoms with Crippen molar-refractivity contribution >= 4 is 49.0 Å². The van der Waals surface area contributed by atoms with Crippen molar-refractivity contribution in [3.63, 3.8) is 0 Å². The summed E-state index contributed by atoms with van der Waals surface area (Å²) < 4.78 is 32.5. The number of benzene rings is 1. The molecule has 11 heteroatoms. The highest BCUT2D eigenvalue weighted by molar-refractivity contribution is 7.89. The van der Waals surface area contributed by atoms with Crippen LogP contribution in [-0.2, 0) is 15.6 Å². The summed E-state index contributed by atoms with van der Waals surface area (Å²) >= 11 is 8.14. The van der Waals surface area contributed by atoms with Gasteiger partial charge in [0, 0.05) is 29.8 Å². The third-order valence-electron chi connectivity index (χ3n) is 5.44. The van der Waals surface area contributed by atoms with Gasteiger partial charge in [-0.2, -0.15) is 0 Å². The van der Waals surface area contributed by atoms with Crippen LogP contribution in [0.4, 0.5) is 0 Å². The summed E-state index contributed by atoms with van der Waals surface area (Å²) in [5.41, 5.74) is 7.31. The van der Waals surface area contributed by atoms with Crippen molar-refractivity contribution in [2.24, 2.45) is 10.7 Å². The second-order valence-electron chi connectivity index (χ2n) is 7.66. The van der Waals surface area contributed by atoms with Gasteiger partial charge < -0.3 is 10.2 Å². The van der Waals surface area contributed by atoms with Gasteiger partial charge in [0.2, 0.25) is 21.9 Å². The number of halogens is 1. The summed E-state index contributed by atoms with van der Waals surface area (Å²) in [6.45, 7) is 1.74. The van der Waals surface area contributed by atoms with E-state index in [1.807, 2.05) is 30.3 Å². The number of nitrogens with two attached hydrogens (primary N) is 1. The van der Waals surface area contributed by atoms with Gasteiger partial charge in [0.25, 0.3) is 0 Å². The van der Waals surface area contributed by atoms with Gasteiger partial charge in [-0.15, -0.1) is 11.3 Å². The molecular formula is C21H18ClN5O3S2. The zero-order chi connectivity index (χ0) is 22.7. The fraction of sp³-hybridized carbons (Fsp3) is 0.190. The third kappa shape index (κ3) is 3.26. The SMILES string of the molecule is CN1C(N)=N[C@](C)(c2sc3c(-c4ccc(-c5ncco5)cc4)nccc3c2Cl)CS1(=O)=O. The van der Waals surface area contributed by atoms with Crippen LogP contribution in [0.3, 0.4) is 0 Å². The summed E-state index contributed by atoms with van der Waals surface area (Å²) in [6.07, 6.45) is 4.81. The van der Waals surface area contributed by atoms with Gasteiger partial charge in [0.1, 0.15) is 11.8 Å². The Morgan fingerprint density at radius 2 is 1.88 bits per heavy atom. The zero-order valence-electron chi connectivity index (χ0n) is 17.1. The fourth-order valence-electron chi connectivity index (χ4n) is 3.75. The zero-order valence-corrected chi connectivity index (χ0v) is 19.5. The molecule has 0 saturated heterocycles. The number of pyridine rings is 1. The largest absolute Gasteiger partial charge is 0.445 e. The molecule has 3 aromatic heterocycles. The van der Waals surface area contributed by atoms with Crippen LogP contribution in [0, 0.1) is 0 Å². The second kappa shape index (κ2) is 7.29. The van der Waals surface area contributed by atoms with E-state index in [0.29, 0.717) is 15.8 Å². The van der Waals surface area contributed by atoms with E-state index in [4.69, 9.17) is 21.8 Å². The molecule has 8 nitrogen and oxygen atoms in total. The molecule has 5 rings (SSSR count). The quantitative estimate of drug-likeness (QED) is 0.465. The Morgan fingerprint density at radius 1 is 1.16 bits per heavy atom. The minimum atomic E-state index is -3.61. The van der Waals surface area contributed by atoms with Crippen molar-refractivity contribution in [1.82, 2.24) is 14.3 Å². The highest BCUT2D eigenvalue weighted by Gasteiger charge is 2.43. The minimum Gasteiger partial charge on any atom is -0.445 e. The van der Waals surface area contributed by atoms with Crippen LogP contribution in [0.5, 0.6) is 0 Å². The summed E-state index contributed by atoms with van der Waals surface area (Å²) in [6, 6.07) is 9.52. The number of oxazole rings is 1. The lowest BCUT2D eigenvalue weighted by molar-refractivity contribution is 0.482. The maximum absolute atomic E-state index is 12.6. The van der Waals surface area contributed by atoms with Crippen LogP contribution in [-0.4, -0.2) is 41.5 Å². The summed E-state index contributed by atoms with van der Waals surface area (Å²) in [5, 5.41) is 1.25. The Morgan fingerprint density at radius 3 is 2.53 bits per heavy atom. The predicted octanol–water partition coefficient (Wildman–Crippen LogP) is 4.08. The van der Waals surface area contributed by atoms with Crippen LogP contribution in [0.15, 0.2) is 58.4 Å². The van der Waals surface area contributed by atoms with E-state index in [0.717, 1.165) is 31.2 Å². The molecule has 4 aromatic rings. The molecule has 1 atom stereocenters.